The quantitative estimate of drug-likeness (QED) is 0.212. The Morgan fingerprint density at radius 2 is 1.44 bits per heavy atom. The van der Waals surface area contributed by atoms with E-state index < -0.39 is 11.7 Å². The molecule has 1 atom stereocenters. The Morgan fingerprint density at radius 3 is 2.06 bits per heavy atom. The van der Waals surface area contributed by atoms with Gasteiger partial charge in [0.1, 0.15) is 0 Å². The van der Waals surface area contributed by atoms with Gasteiger partial charge in [0.25, 0.3) is 5.89 Å². The molecule has 1 aromatic heterocycles. The highest BCUT2D eigenvalue weighted by Crippen LogP contribution is 2.30. The Bertz CT molecular complexity index is 1010. The zero-order valence-corrected chi connectivity index (χ0v) is 21.4. The molecule has 3 aromatic rings. The van der Waals surface area contributed by atoms with Crippen LogP contribution in [0.2, 0.25) is 0 Å². The minimum Gasteiger partial charge on any atom is -0.334 e. The second-order valence-corrected chi connectivity index (χ2v) is 9.51. The molecule has 3 rings (SSSR count). The molecule has 1 heterocycles. The smallest absolute Gasteiger partial charge is 0.334 e. The van der Waals surface area contributed by atoms with Gasteiger partial charge in [-0.15, -0.1) is 0 Å². The predicted octanol–water partition coefficient (Wildman–Crippen LogP) is 8.68. The SMILES string of the molecule is CCCCCCCCCCCc1noc(-c2ccc(CN[C@@H](C)c3ccc(C(F)(F)F)cc3)cc2)n1. The number of halogens is 3. The first kappa shape index (κ1) is 27.9. The van der Waals surface area contributed by atoms with Gasteiger partial charge >= 0.3 is 6.18 Å². The molecule has 0 saturated heterocycles. The van der Waals surface area contributed by atoms with Crippen LogP contribution in [0.25, 0.3) is 11.5 Å². The topological polar surface area (TPSA) is 51.0 Å². The second-order valence-electron chi connectivity index (χ2n) is 9.51. The van der Waals surface area contributed by atoms with E-state index in [0.717, 1.165) is 47.5 Å². The molecule has 2 aromatic carbocycles. The Morgan fingerprint density at radius 1 is 0.833 bits per heavy atom. The van der Waals surface area contributed by atoms with Gasteiger partial charge in [-0.25, -0.2) is 0 Å². The van der Waals surface area contributed by atoms with E-state index in [2.05, 4.69) is 22.4 Å². The summed E-state index contributed by atoms with van der Waals surface area (Å²) in [4.78, 5) is 4.54. The second kappa shape index (κ2) is 14.2. The van der Waals surface area contributed by atoms with Crippen molar-refractivity contribution < 1.29 is 17.7 Å². The van der Waals surface area contributed by atoms with E-state index in [1.165, 1.54) is 63.5 Å². The molecule has 0 aliphatic carbocycles. The number of unbranched alkanes of at least 4 members (excludes halogenated alkanes) is 8. The molecule has 36 heavy (non-hydrogen) atoms. The molecule has 0 aliphatic rings. The number of benzene rings is 2. The average Bonchev–Trinajstić information content (AvgIpc) is 3.35. The van der Waals surface area contributed by atoms with E-state index in [1.54, 1.807) is 0 Å². The average molecular weight is 502 g/mol. The van der Waals surface area contributed by atoms with Crippen molar-refractivity contribution >= 4 is 0 Å². The summed E-state index contributed by atoms with van der Waals surface area (Å²) in [5.74, 6) is 1.28. The number of nitrogens with one attached hydrogen (secondary N) is 1. The number of nitrogens with zero attached hydrogens (tertiary/aromatic N) is 2. The summed E-state index contributed by atoms with van der Waals surface area (Å²) in [5, 5.41) is 7.48. The largest absolute Gasteiger partial charge is 0.416 e. The number of rotatable bonds is 15. The first-order chi connectivity index (χ1) is 17.4. The maximum atomic E-state index is 12.8. The monoisotopic (exact) mass is 501 g/mol. The number of alkyl halides is 3. The van der Waals surface area contributed by atoms with E-state index in [0.29, 0.717) is 12.4 Å². The fourth-order valence-corrected chi connectivity index (χ4v) is 4.18. The minimum absolute atomic E-state index is 0.0773. The fourth-order valence-electron chi connectivity index (χ4n) is 4.18. The van der Waals surface area contributed by atoms with E-state index in [1.807, 2.05) is 31.2 Å². The van der Waals surface area contributed by atoms with Gasteiger partial charge in [0.15, 0.2) is 5.82 Å². The minimum atomic E-state index is -4.32. The normalized spacial score (nSPS) is 12.7. The third-order valence-electron chi connectivity index (χ3n) is 6.52. The number of hydrogen-bond acceptors (Lipinski definition) is 4. The molecule has 0 spiro atoms. The van der Waals surface area contributed by atoms with Gasteiger partial charge in [0.05, 0.1) is 5.56 Å². The summed E-state index contributed by atoms with van der Waals surface area (Å²) in [7, 11) is 0. The summed E-state index contributed by atoms with van der Waals surface area (Å²) in [6.07, 6.45) is 8.08. The van der Waals surface area contributed by atoms with Crippen molar-refractivity contribution in [3.05, 3.63) is 71.0 Å². The lowest BCUT2D eigenvalue weighted by Gasteiger charge is -2.15. The van der Waals surface area contributed by atoms with Crippen LogP contribution in [0.15, 0.2) is 53.1 Å². The highest BCUT2D eigenvalue weighted by Gasteiger charge is 2.30. The van der Waals surface area contributed by atoms with Gasteiger partial charge in [0, 0.05) is 24.6 Å². The molecular weight excluding hydrogens is 463 g/mol. The number of aryl methyl sites for hydroxylation is 1. The molecule has 0 bridgehead atoms. The van der Waals surface area contributed by atoms with Gasteiger partial charge in [-0.05, 0) is 48.7 Å². The zero-order valence-electron chi connectivity index (χ0n) is 21.4. The molecule has 0 saturated carbocycles. The standard InChI is InChI=1S/C29H38F3N3O/c1-3-4-5-6-7-8-9-10-11-12-27-34-28(36-35-27)25-15-13-23(14-16-25)21-33-22(2)24-17-19-26(20-18-24)29(30,31)32/h13-20,22,33H,3-12,21H2,1-2H3/t22-/m0/s1. The van der Waals surface area contributed by atoms with Crippen molar-refractivity contribution in [3.63, 3.8) is 0 Å². The highest BCUT2D eigenvalue weighted by molar-refractivity contribution is 5.53. The van der Waals surface area contributed by atoms with E-state index in [4.69, 9.17) is 4.52 Å². The van der Waals surface area contributed by atoms with Crippen LogP contribution in [-0.4, -0.2) is 10.1 Å². The third-order valence-corrected chi connectivity index (χ3v) is 6.52. The van der Waals surface area contributed by atoms with Crippen molar-refractivity contribution in [2.24, 2.45) is 0 Å². The van der Waals surface area contributed by atoms with Crippen molar-refractivity contribution in [2.45, 2.75) is 96.8 Å². The van der Waals surface area contributed by atoms with Crippen LogP contribution in [0, 0.1) is 0 Å². The Labute approximate surface area is 212 Å². The summed E-state index contributed by atoms with van der Waals surface area (Å²) in [6, 6.07) is 13.1. The van der Waals surface area contributed by atoms with E-state index in [9.17, 15) is 13.2 Å². The lowest BCUT2D eigenvalue weighted by molar-refractivity contribution is -0.137. The summed E-state index contributed by atoms with van der Waals surface area (Å²) in [5.41, 5.74) is 2.11. The molecule has 0 aliphatic heterocycles. The summed E-state index contributed by atoms with van der Waals surface area (Å²) in [6.45, 7) is 4.77. The lowest BCUT2D eigenvalue weighted by atomic mass is 10.1. The van der Waals surface area contributed by atoms with Crippen LogP contribution >= 0.6 is 0 Å². The van der Waals surface area contributed by atoms with E-state index in [-0.39, 0.29) is 6.04 Å². The fraction of sp³-hybridized carbons (Fsp3) is 0.517. The predicted molar refractivity (Wildman–Crippen MR) is 137 cm³/mol. The Hall–Kier alpha value is -2.67. The van der Waals surface area contributed by atoms with Crippen molar-refractivity contribution in [3.8, 4) is 11.5 Å². The van der Waals surface area contributed by atoms with E-state index >= 15 is 0 Å². The van der Waals surface area contributed by atoms with Crippen LogP contribution in [0.4, 0.5) is 13.2 Å². The maximum Gasteiger partial charge on any atom is 0.416 e. The van der Waals surface area contributed by atoms with Gasteiger partial charge in [-0.3, -0.25) is 0 Å². The van der Waals surface area contributed by atoms with Gasteiger partial charge < -0.3 is 9.84 Å². The van der Waals surface area contributed by atoms with Crippen LogP contribution in [-0.2, 0) is 19.1 Å². The molecule has 196 valence electrons. The molecule has 0 radical (unpaired) electrons. The van der Waals surface area contributed by atoms with Gasteiger partial charge in [-0.2, -0.15) is 18.2 Å². The molecule has 4 nitrogen and oxygen atoms in total. The first-order valence-electron chi connectivity index (χ1n) is 13.2. The zero-order chi connectivity index (χ0) is 25.8. The molecule has 1 N–H and O–H groups in total. The maximum absolute atomic E-state index is 12.8. The van der Waals surface area contributed by atoms with Crippen LogP contribution < -0.4 is 5.32 Å². The number of hydrogen-bond donors (Lipinski definition) is 1. The summed E-state index contributed by atoms with van der Waals surface area (Å²) >= 11 is 0. The Kier molecular flexibility index (Phi) is 11.0. The first-order valence-corrected chi connectivity index (χ1v) is 13.2. The van der Waals surface area contributed by atoms with Gasteiger partial charge in [0.2, 0.25) is 0 Å². The van der Waals surface area contributed by atoms with Crippen molar-refractivity contribution in [2.75, 3.05) is 0 Å². The Balaban J connectivity index is 1.39. The highest BCUT2D eigenvalue weighted by atomic mass is 19.4. The van der Waals surface area contributed by atoms with Crippen LogP contribution in [0.5, 0.6) is 0 Å². The molecular formula is C29H38F3N3O. The molecule has 0 fully saturated rings. The molecule has 0 unspecified atom stereocenters. The molecule has 0 amide bonds. The molecule has 7 heteroatoms. The lowest BCUT2D eigenvalue weighted by Crippen LogP contribution is -2.18. The van der Waals surface area contributed by atoms with Crippen LogP contribution in [0.3, 0.4) is 0 Å². The van der Waals surface area contributed by atoms with Gasteiger partial charge in [-0.1, -0.05) is 87.7 Å². The third kappa shape index (κ3) is 9.08. The summed E-state index contributed by atoms with van der Waals surface area (Å²) < 4.78 is 43.7. The van der Waals surface area contributed by atoms with Crippen molar-refractivity contribution in [1.29, 1.82) is 0 Å². The van der Waals surface area contributed by atoms with Crippen molar-refractivity contribution in [1.82, 2.24) is 15.5 Å². The van der Waals surface area contributed by atoms with Crippen LogP contribution in [0.1, 0.15) is 100 Å². The number of aromatic nitrogens is 2.